The lowest BCUT2D eigenvalue weighted by molar-refractivity contribution is -0.384. The molecule has 2 aromatic rings. The van der Waals surface area contributed by atoms with Gasteiger partial charge in [0.2, 0.25) is 0 Å². The number of nitriles is 1. The predicted molar refractivity (Wildman–Crippen MR) is 78.5 cm³/mol. The molecule has 2 aromatic carbocycles. The topological polar surface area (TPSA) is 76.2 Å². The van der Waals surface area contributed by atoms with Crippen molar-refractivity contribution in [1.29, 1.82) is 5.26 Å². The maximum Gasteiger partial charge on any atom is 0.269 e. The Kier molecular flexibility index (Phi) is 4.67. The molecule has 0 bridgehead atoms. The lowest BCUT2D eigenvalue weighted by atomic mass is 10.2. The molecule has 0 N–H and O–H groups in total. The summed E-state index contributed by atoms with van der Waals surface area (Å²) in [5.74, 6) is 0.663. The van der Waals surface area contributed by atoms with Gasteiger partial charge in [0.05, 0.1) is 11.0 Å². The number of rotatable bonds is 5. The van der Waals surface area contributed by atoms with Crippen molar-refractivity contribution in [2.75, 3.05) is 0 Å². The summed E-state index contributed by atoms with van der Waals surface area (Å²) >= 11 is 0. The first-order valence-electron chi connectivity index (χ1n) is 6.21. The van der Waals surface area contributed by atoms with Crippen molar-refractivity contribution in [3.05, 3.63) is 75.8 Å². The number of hydrogen-bond acceptors (Lipinski definition) is 4. The molecule has 0 aliphatic carbocycles. The quantitative estimate of drug-likeness (QED) is 0.475. The van der Waals surface area contributed by atoms with Crippen molar-refractivity contribution in [2.45, 2.75) is 6.61 Å². The Balaban J connectivity index is 2.00. The highest BCUT2D eigenvalue weighted by molar-refractivity contribution is 5.52. The van der Waals surface area contributed by atoms with Crippen molar-refractivity contribution in [1.82, 2.24) is 0 Å². The molecule has 5 nitrogen and oxygen atoms in total. The van der Waals surface area contributed by atoms with Crippen molar-refractivity contribution in [3.63, 3.8) is 0 Å². The lowest BCUT2D eigenvalue weighted by Crippen LogP contribution is -1.96. The van der Waals surface area contributed by atoms with Gasteiger partial charge in [0.1, 0.15) is 12.4 Å². The molecule has 0 heterocycles. The van der Waals surface area contributed by atoms with E-state index in [4.69, 9.17) is 10.00 Å². The summed E-state index contributed by atoms with van der Waals surface area (Å²) in [5.41, 5.74) is 1.69. The fourth-order valence-corrected chi connectivity index (χ4v) is 1.74. The Morgan fingerprint density at radius 2 is 2.00 bits per heavy atom. The lowest BCUT2D eigenvalue weighted by Gasteiger charge is -2.06. The number of nitro benzene ring substituents is 1. The van der Waals surface area contributed by atoms with E-state index in [1.807, 2.05) is 18.2 Å². The van der Waals surface area contributed by atoms with Crippen molar-refractivity contribution < 1.29 is 9.66 Å². The van der Waals surface area contributed by atoms with Gasteiger partial charge in [-0.2, -0.15) is 5.26 Å². The van der Waals surface area contributed by atoms with Crippen LogP contribution in [0.15, 0.2) is 54.6 Å². The highest BCUT2D eigenvalue weighted by atomic mass is 16.6. The van der Waals surface area contributed by atoms with Gasteiger partial charge >= 0.3 is 0 Å². The van der Waals surface area contributed by atoms with Gasteiger partial charge < -0.3 is 4.74 Å². The van der Waals surface area contributed by atoms with Crippen LogP contribution < -0.4 is 4.74 Å². The van der Waals surface area contributed by atoms with Crippen LogP contribution in [0.3, 0.4) is 0 Å². The zero-order valence-electron chi connectivity index (χ0n) is 11.1. The smallest absolute Gasteiger partial charge is 0.269 e. The maximum atomic E-state index is 10.7. The number of nitrogens with zero attached hydrogens (tertiary/aromatic N) is 2. The number of non-ortho nitro benzene ring substituents is 1. The molecule has 0 aliphatic heterocycles. The van der Waals surface area contributed by atoms with E-state index in [-0.39, 0.29) is 12.3 Å². The Labute approximate surface area is 121 Å². The van der Waals surface area contributed by atoms with Crippen LogP contribution in [-0.4, -0.2) is 4.92 Å². The van der Waals surface area contributed by atoms with Crippen LogP contribution in [-0.2, 0) is 6.61 Å². The Hall–Kier alpha value is -3.13. The third kappa shape index (κ3) is 4.18. The minimum absolute atomic E-state index is 0.0492. The van der Waals surface area contributed by atoms with Crippen LogP contribution in [0.1, 0.15) is 11.1 Å². The first-order valence-corrected chi connectivity index (χ1v) is 6.21. The van der Waals surface area contributed by atoms with E-state index in [1.165, 1.54) is 18.2 Å². The Morgan fingerprint density at radius 3 is 2.67 bits per heavy atom. The summed E-state index contributed by atoms with van der Waals surface area (Å²) in [4.78, 5) is 10.3. The zero-order chi connectivity index (χ0) is 15.1. The van der Waals surface area contributed by atoms with E-state index < -0.39 is 4.92 Å². The average molecular weight is 280 g/mol. The normalized spacial score (nSPS) is 10.2. The number of hydrogen-bond donors (Lipinski definition) is 0. The number of benzene rings is 2. The van der Waals surface area contributed by atoms with Crippen LogP contribution >= 0.6 is 0 Å². The highest BCUT2D eigenvalue weighted by Crippen LogP contribution is 2.17. The molecule has 5 heteroatoms. The average Bonchev–Trinajstić information content (AvgIpc) is 2.52. The van der Waals surface area contributed by atoms with Gasteiger partial charge in [0, 0.05) is 18.2 Å². The summed E-state index contributed by atoms with van der Waals surface area (Å²) in [7, 11) is 0. The van der Waals surface area contributed by atoms with Gasteiger partial charge in [0.15, 0.2) is 0 Å². The van der Waals surface area contributed by atoms with E-state index in [1.54, 1.807) is 30.3 Å². The van der Waals surface area contributed by atoms with Crippen molar-refractivity contribution >= 4 is 11.8 Å². The summed E-state index contributed by atoms with van der Waals surface area (Å²) in [5, 5.41) is 19.1. The van der Waals surface area contributed by atoms with Gasteiger partial charge in [0.25, 0.3) is 5.69 Å². The molecule has 0 fully saturated rings. The minimum atomic E-state index is -0.431. The third-order valence-electron chi connectivity index (χ3n) is 2.76. The minimum Gasteiger partial charge on any atom is -0.489 e. The van der Waals surface area contributed by atoms with Crippen LogP contribution in [0.2, 0.25) is 0 Å². The van der Waals surface area contributed by atoms with E-state index >= 15 is 0 Å². The molecule has 0 atom stereocenters. The van der Waals surface area contributed by atoms with Crippen molar-refractivity contribution in [3.8, 4) is 11.8 Å². The summed E-state index contributed by atoms with van der Waals surface area (Å²) in [6, 6.07) is 15.5. The molecular formula is C16H12N2O3. The first kappa shape index (κ1) is 14.3. The number of nitro groups is 1. The van der Waals surface area contributed by atoms with E-state index in [9.17, 15) is 10.1 Å². The molecule has 104 valence electrons. The van der Waals surface area contributed by atoms with E-state index in [0.717, 1.165) is 11.1 Å². The molecule has 0 spiro atoms. The molecule has 0 radical (unpaired) electrons. The number of allylic oxidation sites excluding steroid dienone is 1. The largest absolute Gasteiger partial charge is 0.489 e. The fraction of sp³-hybridized carbons (Fsp3) is 0.0625. The second-order valence-electron chi connectivity index (χ2n) is 4.25. The van der Waals surface area contributed by atoms with Gasteiger partial charge in [-0.25, -0.2) is 0 Å². The standard InChI is InChI=1S/C16H12N2O3/c17-10-2-4-13-6-8-16(9-7-13)21-12-14-3-1-5-15(11-14)18(19)20/h1-9,11H,12H2/b4-2+. The highest BCUT2D eigenvalue weighted by Gasteiger charge is 2.05. The Morgan fingerprint density at radius 1 is 1.24 bits per heavy atom. The first-order chi connectivity index (χ1) is 10.2. The molecule has 0 unspecified atom stereocenters. The molecule has 2 rings (SSSR count). The van der Waals surface area contributed by atoms with E-state index in [2.05, 4.69) is 0 Å². The summed E-state index contributed by atoms with van der Waals surface area (Å²) in [6.07, 6.45) is 3.10. The molecule has 0 aromatic heterocycles. The summed E-state index contributed by atoms with van der Waals surface area (Å²) in [6.45, 7) is 0.259. The van der Waals surface area contributed by atoms with Gasteiger partial charge in [-0.05, 0) is 29.3 Å². The van der Waals surface area contributed by atoms with Gasteiger partial charge in [-0.15, -0.1) is 0 Å². The fourth-order valence-electron chi connectivity index (χ4n) is 1.74. The van der Waals surface area contributed by atoms with Crippen LogP contribution in [0.5, 0.6) is 5.75 Å². The SMILES string of the molecule is N#C/C=C/c1ccc(OCc2cccc([N+](=O)[O-])c2)cc1. The van der Waals surface area contributed by atoms with Crippen LogP contribution in [0.4, 0.5) is 5.69 Å². The van der Waals surface area contributed by atoms with Gasteiger partial charge in [-0.1, -0.05) is 24.3 Å². The maximum absolute atomic E-state index is 10.7. The molecule has 0 saturated carbocycles. The second-order valence-corrected chi connectivity index (χ2v) is 4.25. The van der Waals surface area contributed by atoms with Crippen LogP contribution in [0, 0.1) is 21.4 Å². The van der Waals surface area contributed by atoms with Crippen LogP contribution in [0.25, 0.3) is 6.08 Å². The molecule has 0 aliphatic rings. The molecule has 0 saturated heterocycles. The van der Waals surface area contributed by atoms with Gasteiger partial charge in [-0.3, -0.25) is 10.1 Å². The Bertz CT molecular complexity index is 700. The molecular weight excluding hydrogens is 268 g/mol. The second kappa shape index (κ2) is 6.87. The predicted octanol–water partition coefficient (Wildman–Crippen LogP) is 3.71. The molecule has 0 amide bonds. The monoisotopic (exact) mass is 280 g/mol. The zero-order valence-corrected chi connectivity index (χ0v) is 11.1. The summed E-state index contributed by atoms with van der Waals surface area (Å²) < 4.78 is 5.57. The van der Waals surface area contributed by atoms with Crippen molar-refractivity contribution in [2.24, 2.45) is 0 Å². The third-order valence-corrected chi connectivity index (χ3v) is 2.76. The molecule has 21 heavy (non-hydrogen) atoms. The number of ether oxygens (including phenoxy) is 1. The van der Waals surface area contributed by atoms with E-state index in [0.29, 0.717) is 5.75 Å².